The maximum atomic E-state index is 12.0. The third-order valence-electron chi connectivity index (χ3n) is 3.35. The molecule has 20 heavy (non-hydrogen) atoms. The van der Waals surface area contributed by atoms with E-state index in [-0.39, 0.29) is 30.3 Å². The average molecular weight is 298 g/mol. The van der Waals surface area contributed by atoms with Gasteiger partial charge in [0.05, 0.1) is 0 Å². The molecule has 0 bridgehead atoms. The highest BCUT2D eigenvalue weighted by Gasteiger charge is 2.23. The number of carbonyl (C=O) groups excluding carboxylic acids is 2. The summed E-state index contributed by atoms with van der Waals surface area (Å²) >= 11 is 0. The van der Waals surface area contributed by atoms with E-state index in [4.69, 9.17) is 5.73 Å². The Bertz CT molecular complexity index is 519. The van der Waals surface area contributed by atoms with Gasteiger partial charge in [-0.2, -0.15) is 0 Å². The second-order valence-electron chi connectivity index (χ2n) is 4.87. The zero-order valence-electron chi connectivity index (χ0n) is 11.7. The van der Waals surface area contributed by atoms with Crippen molar-refractivity contribution in [3.05, 3.63) is 29.3 Å². The lowest BCUT2D eigenvalue weighted by Crippen LogP contribution is -2.37. The van der Waals surface area contributed by atoms with Gasteiger partial charge < -0.3 is 16.0 Å². The topological polar surface area (TPSA) is 75.4 Å². The van der Waals surface area contributed by atoms with Gasteiger partial charge in [-0.15, -0.1) is 12.4 Å². The highest BCUT2D eigenvalue weighted by molar-refractivity contribution is 5.97. The number of fused-ring (bicyclic) bond motifs is 1. The first-order chi connectivity index (χ1) is 9.02. The van der Waals surface area contributed by atoms with Gasteiger partial charge in [-0.1, -0.05) is 0 Å². The van der Waals surface area contributed by atoms with Gasteiger partial charge in [0.25, 0.3) is 5.91 Å². The Hall–Kier alpha value is -1.59. The highest BCUT2D eigenvalue weighted by atomic mass is 35.5. The minimum atomic E-state index is -0.123. The third-order valence-corrected chi connectivity index (χ3v) is 3.35. The smallest absolute Gasteiger partial charge is 0.251 e. The number of hydrogen-bond acceptors (Lipinski definition) is 3. The number of rotatable bonds is 3. The Morgan fingerprint density at radius 3 is 2.75 bits per heavy atom. The SMILES string of the molecule is CC(=O)N1CCc2cc(C(=O)N[C@@H](C)CN)ccc21.Cl. The number of carbonyl (C=O) groups is 2. The van der Waals surface area contributed by atoms with Crippen LogP contribution in [0.15, 0.2) is 18.2 Å². The zero-order chi connectivity index (χ0) is 14.0. The van der Waals surface area contributed by atoms with Gasteiger partial charge in [-0.3, -0.25) is 9.59 Å². The predicted molar refractivity (Wildman–Crippen MR) is 81.4 cm³/mol. The summed E-state index contributed by atoms with van der Waals surface area (Å²) in [7, 11) is 0. The summed E-state index contributed by atoms with van der Waals surface area (Å²) < 4.78 is 0. The van der Waals surface area contributed by atoms with Gasteiger partial charge in [-0.05, 0) is 37.1 Å². The van der Waals surface area contributed by atoms with Gasteiger partial charge in [0.2, 0.25) is 5.91 Å². The normalized spacial score (nSPS) is 14.2. The van der Waals surface area contributed by atoms with E-state index in [1.807, 2.05) is 19.1 Å². The van der Waals surface area contributed by atoms with Gasteiger partial charge in [0.1, 0.15) is 0 Å². The number of nitrogens with one attached hydrogen (secondary N) is 1. The van der Waals surface area contributed by atoms with E-state index in [1.165, 1.54) is 0 Å². The molecule has 5 nitrogen and oxygen atoms in total. The Labute approximate surface area is 124 Å². The fourth-order valence-electron chi connectivity index (χ4n) is 2.24. The van der Waals surface area contributed by atoms with Crippen LogP contribution >= 0.6 is 12.4 Å². The fourth-order valence-corrected chi connectivity index (χ4v) is 2.24. The molecule has 0 saturated heterocycles. The summed E-state index contributed by atoms with van der Waals surface area (Å²) in [5, 5.41) is 2.83. The number of halogens is 1. The second kappa shape index (κ2) is 6.72. The molecule has 0 radical (unpaired) electrons. The minimum absolute atomic E-state index is 0. The highest BCUT2D eigenvalue weighted by Crippen LogP contribution is 2.28. The van der Waals surface area contributed by atoms with Crippen molar-refractivity contribution in [2.75, 3.05) is 18.0 Å². The van der Waals surface area contributed by atoms with Crippen LogP contribution in [-0.4, -0.2) is 30.9 Å². The van der Waals surface area contributed by atoms with E-state index in [0.717, 1.165) is 17.7 Å². The quantitative estimate of drug-likeness (QED) is 0.877. The molecule has 2 rings (SSSR count). The molecular formula is C14H20ClN3O2. The van der Waals surface area contributed by atoms with E-state index in [1.54, 1.807) is 17.9 Å². The summed E-state index contributed by atoms with van der Waals surface area (Å²) in [5.41, 5.74) is 8.05. The molecule has 0 aliphatic carbocycles. The molecule has 110 valence electrons. The predicted octanol–water partition coefficient (Wildman–Crippen LogP) is 1.09. The summed E-state index contributed by atoms with van der Waals surface area (Å²) in [6.07, 6.45) is 0.794. The van der Waals surface area contributed by atoms with Crippen LogP contribution in [0.3, 0.4) is 0 Å². The molecule has 1 aliphatic rings. The second-order valence-corrected chi connectivity index (χ2v) is 4.87. The van der Waals surface area contributed by atoms with Crippen LogP contribution in [0, 0.1) is 0 Å². The largest absolute Gasteiger partial charge is 0.348 e. The molecule has 2 amide bonds. The maximum Gasteiger partial charge on any atom is 0.251 e. The first kappa shape index (κ1) is 16.5. The lowest BCUT2D eigenvalue weighted by Gasteiger charge is -2.15. The molecule has 6 heteroatoms. The molecule has 1 aromatic rings. The van der Waals surface area contributed by atoms with Crippen molar-refractivity contribution in [3.63, 3.8) is 0 Å². The van der Waals surface area contributed by atoms with Crippen molar-refractivity contribution in [2.24, 2.45) is 5.73 Å². The molecule has 0 unspecified atom stereocenters. The van der Waals surface area contributed by atoms with Crippen molar-refractivity contribution < 1.29 is 9.59 Å². The van der Waals surface area contributed by atoms with Crippen LogP contribution in [-0.2, 0) is 11.2 Å². The van der Waals surface area contributed by atoms with Crippen LogP contribution in [0.25, 0.3) is 0 Å². The summed E-state index contributed by atoms with van der Waals surface area (Å²) in [5.74, 6) is -0.0882. The van der Waals surface area contributed by atoms with Crippen molar-refractivity contribution >= 4 is 29.9 Å². The van der Waals surface area contributed by atoms with E-state index in [9.17, 15) is 9.59 Å². The van der Waals surface area contributed by atoms with Crippen LogP contribution in [0.1, 0.15) is 29.8 Å². The van der Waals surface area contributed by atoms with Crippen LogP contribution in [0.2, 0.25) is 0 Å². The number of benzene rings is 1. The minimum Gasteiger partial charge on any atom is -0.348 e. The summed E-state index contributed by atoms with van der Waals surface area (Å²) in [4.78, 5) is 25.2. The molecular weight excluding hydrogens is 278 g/mol. The Kier molecular flexibility index (Phi) is 5.53. The lowest BCUT2D eigenvalue weighted by molar-refractivity contribution is -0.116. The number of amides is 2. The molecule has 1 heterocycles. The number of hydrogen-bond donors (Lipinski definition) is 2. The number of nitrogens with zero attached hydrogens (tertiary/aromatic N) is 1. The van der Waals surface area contributed by atoms with Crippen molar-refractivity contribution in [2.45, 2.75) is 26.3 Å². The number of nitrogens with two attached hydrogens (primary N) is 1. The number of anilines is 1. The van der Waals surface area contributed by atoms with Gasteiger partial charge in [-0.25, -0.2) is 0 Å². The maximum absolute atomic E-state index is 12.0. The molecule has 1 aliphatic heterocycles. The van der Waals surface area contributed by atoms with E-state index < -0.39 is 0 Å². The van der Waals surface area contributed by atoms with Crippen LogP contribution in [0.5, 0.6) is 0 Å². The third kappa shape index (κ3) is 3.29. The van der Waals surface area contributed by atoms with Crippen LogP contribution < -0.4 is 16.0 Å². The summed E-state index contributed by atoms with van der Waals surface area (Å²) in [6, 6.07) is 5.40. The molecule has 0 aromatic heterocycles. The zero-order valence-corrected chi connectivity index (χ0v) is 12.5. The van der Waals surface area contributed by atoms with E-state index >= 15 is 0 Å². The Morgan fingerprint density at radius 2 is 2.15 bits per heavy atom. The van der Waals surface area contributed by atoms with E-state index in [2.05, 4.69) is 5.32 Å². The first-order valence-electron chi connectivity index (χ1n) is 6.45. The van der Waals surface area contributed by atoms with Crippen molar-refractivity contribution in [1.82, 2.24) is 5.32 Å². The Morgan fingerprint density at radius 1 is 1.45 bits per heavy atom. The molecule has 0 spiro atoms. The summed E-state index contributed by atoms with van der Waals surface area (Å²) in [6.45, 7) is 4.52. The molecule has 0 saturated carbocycles. The monoisotopic (exact) mass is 297 g/mol. The Balaban J connectivity index is 0.00000200. The average Bonchev–Trinajstić information content (AvgIpc) is 2.81. The molecule has 0 fully saturated rings. The van der Waals surface area contributed by atoms with Gasteiger partial charge in [0, 0.05) is 37.3 Å². The van der Waals surface area contributed by atoms with Gasteiger partial charge >= 0.3 is 0 Å². The van der Waals surface area contributed by atoms with Gasteiger partial charge in [0.15, 0.2) is 0 Å². The molecule has 1 atom stereocenters. The standard InChI is InChI=1S/C14H19N3O2.ClH/c1-9(8-15)16-14(19)12-3-4-13-11(7-12)5-6-17(13)10(2)18;/h3-4,7,9H,5-6,8,15H2,1-2H3,(H,16,19);1H/t9-;/m0./s1. The van der Waals surface area contributed by atoms with E-state index in [0.29, 0.717) is 18.7 Å². The first-order valence-corrected chi connectivity index (χ1v) is 6.45. The molecule has 1 aromatic carbocycles. The van der Waals surface area contributed by atoms with Crippen molar-refractivity contribution in [3.8, 4) is 0 Å². The molecule has 3 N–H and O–H groups in total. The van der Waals surface area contributed by atoms with Crippen LogP contribution in [0.4, 0.5) is 5.69 Å². The van der Waals surface area contributed by atoms with Crippen molar-refractivity contribution in [1.29, 1.82) is 0 Å². The lowest BCUT2D eigenvalue weighted by atomic mass is 10.1. The fraction of sp³-hybridized carbons (Fsp3) is 0.429.